The summed E-state index contributed by atoms with van der Waals surface area (Å²) in [4.78, 5) is 13.0. The van der Waals surface area contributed by atoms with Gasteiger partial charge in [0, 0.05) is 37.2 Å². The lowest BCUT2D eigenvalue weighted by Gasteiger charge is -2.23. The Balaban J connectivity index is 1.35. The van der Waals surface area contributed by atoms with E-state index < -0.39 is 15.8 Å². The molecule has 9 nitrogen and oxygen atoms in total. The third kappa shape index (κ3) is 6.01. The predicted molar refractivity (Wildman–Crippen MR) is 144 cm³/mol. The van der Waals surface area contributed by atoms with E-state index >= 15 is 0 Å². The molecule has 0 bridgehead atoms. The maximum absolute atomic E-state index is 14.9. The van der Waals surface area contributed by atoms with Gasteiger partial charge < -0.3 is 15.4 Å². The molecule has 3 heterocycles. The Labute approximate surface area is 224 Å². The summed E-state index contributed by atoms with van der Waals surface area (Å²) in [6, 6.07) is 13.4. The number of piperidine rings is 1. The molecule has 12 heteroatoms. The number of sulfonamides is 1. The van der Waals surface area contributed by atoms with Crippen LogP contribution in [-0.4, -0.2) is 42.5 Å². The van der Waals surface area contributed by atoms with Crippen molar-refractivity contribution in [1.29, 1.82) is 0 Å². The van der Waals surface area contributed by atoms with Gasteiger partial charge in [-0.3, -0.25) is 9.71 Å². The third-order valence-corrected chi connectivity index (χ3v) is 7.75. The molecule has 1 aliphatic heterocycles. The second kappa shape index (κ2) is 11.3. The van der Waals surface area contributed by atoms with Crippen LogP contribution in [0.15, 0.2) is 78.1 Å². The molecule has 0 radical (unpaired) electrons. The van der Waals surface area contributed by atoms with Crippen molar-refractivity contribution in [3.05, 3.63) is 84.0 Å². The molecule has 2 aromatic heterocycles. The van der Waals surface area contributed by atoms with E-state index in [1.165, 1.54) is 30.3 Å². The molecule has 1 saturated heterocycles. The van der Waals surface area contributed by atoms with Crippen LogP contribution in [0.5, 0.6) is 11.5 Å². The Morgan fingerprint density at radius 1 is 1.11 bits per heavy atom. The highest BCUT2D eigenvalue weighted by Crippen LogP contribution is 2.33. The molecule has 5 rings (SSSR count). The highest BCUT2D eigenvalue weighted by Gasteiger charge is 2.20. The number of aromatic nitrogens is 3. The fraction of sp³-hybridized carbons (Fsp3) is 0.192. The molecule has 2 aromatic carbocycles. The van der Waals surface area contributed by atoms with Crippen molar-refractivity contribution in [2.45, 2.75) is 23.8 Å². The number of hydrogen-bond donors (Lipinski definition) is 3. The molecule has 0 saturated carbocycles. The van der Waals surface area contributed by atoms with Crippen molar-refractivity contribution in [3.63, 3.8) is 0 Å². The Morgan fingerprint density at radius 3 is 2.76 bits per heavy atom. The smallest absolute Gasteiger partial charge is 0.263 e. The fourth-order valence-corrected chi connectivity index (χ4v) is 5.62. The summed E-state index contributed by atoms with van der Waals surface area (Å²) in [7, 11) is -4.09. The number of rotatable bonds is 8. The van der Waals surface area contributed by atoms with Crippen LogP contribution in [0.2, 0.25) is 5.02 Å². The van der Waals surface area contributed by atoms with Gasteiger partial charge in [-0.15, -0.1) is 0 Å². The maximum atomic E-state index is 14.9. The van der Waals surface area contributed by atoms with Gasteiger partial charge in [0.1, 0.15) is 16.4 Å². The Morgan fingerprint density at radius 2 is 1.97 bits per heavy atom. The van der Waals surface area contributed by atoms with E-state index in [0.717, 1.165) is 32.0 Å². The van der Waals surface area contributed by atoms with Crippen LogP contribution >= 0.6 is 11.6 Å². The van der Waals surface area contributed by atoms with Gasteiger partial charge in [-0.1, -0.05) is 23.7 Å². The number of nitrogens with zero attached hydrogens (tertiary/aromatic N) is 3. The molecule has 1 fully saturated rings. The van der Waals surface area contributed by atoms with Crippen LogP contribution in [0.3, 0.4) is 0 Å². The van der Waals surface area contributed by atoms with Gasteiger partial charge in [0.15, 0.2) is 5.82 Å². The number of pyridine rings is 1. The Hall–Kier alpha value is -3.80. The average molecular weight is 555 g/mol. The molecule has 1 atom stereocenters. The summed E-state index contributed by atoms with van der Waals surface area (Å²) in [6.45, 7) is 1.84. The molecule has 0 unspecified atom stereocenters. The van der Waals surface area contributed by atoms with E-state index in [1.807, 2.05) is 0 Å². The summed E-state index contributed by atoms with van der Waals surface area (Å²) in [5, 5.41) is 6.73. The van der Waals surface area contributed by atoms with Crippen molar-refractivity contribution in [3.8, 4) is 22.8 Å². The number of halogens is 2. The average Bonchev–Trinajstić information content (AvgIpc) is 2.91. The summed E-state index contributed by atoms with van der Waals surface area (Å²) < 4.78 is 48.5. The quantitative estimate of drug-likeness (QED) is 0.276. The molecule has 1 aliphatic rings. The van der Waals surface area contributed by atoms with E-state index in [-0.39, 0.29) is 27.4 Å². The molecular formula is C26H24ClFN6O3S. The second-order valence-electron chi connectivity index (χ2n) is 8.60. The zero-order chi connectivity index (χ0) is 26.5. The number of hydrogen-bond acceptors (Lipinski definition) is 8. The van der Waals surface area contributed by atoms with Gasteiger partial charge in [-0.05, 0) is 55.8 Å². The van der Waals surface area contributed by atoms with Crippen LogP contribution in [0.4, 0.5) is 16.0 Å². The topological polar surface area (TPSA) is 118 Å². The van der Waals surface area contributed by atoms with E-state index in [4.69, 9.17) is 16.3 Å². The molecule has 4 aromatic rings. The van der Waals surface area contributed by atoms with Crippen molar-refractivity contribution in [2.75, 3.05) is 23.1 Å². The van der Waals surface area contributed by atoms with Gasteiger partial charge >= 0.3 is 0 Å². The zero-order valence-corrected chi connectivity index (χ0v) is 21.6. The highest BCUT2D eigenvalue weighted by molar-refractivity contribution is 7.92. The maximum Gasteiger partial charge on any atom is 0.263 e. The first kappa shape index (κ1) is 25.8. The zero-order valence-electron chi connectivity index (χ0n) is 20.1. The van der Waals surface area contributed by atoms with E-state index in [2.05, 4.69) is 30.3 Å². The first-order valence-corrected chi connectivity index (χ1v) is 13.7. The largest absolute Gasteiger partial charge is 0.456 e. The molecule has 0 aliphatic carbocycles. The van der Waals surface area contributed by atoms with Gasteiger partial charge in [0.25, 0.3) is 10.0 Å². The predicted octanol–water partition coefficient (Wildman–Crippen LogP) is 5.09. The minimum Gasteiger partial charge on any atom is -0.456 e. The van der Waals surface area contributed by atoms with Crippen molar-refractivity contribution < 1.29 is 17.5 Å². The van der Waals surface area contributed by atoms with E-state index in [9.17, 15) is 12.8 Å². The van der Waals surface area contributed by atoms with Crippen LogP contribution in [0.1, 0.15) is 12.8 Å². The van der Waals surface area contributed by atoms with Gasteiger partial charge in [0.2, 0.25) is 5.95 Å². The first-order valence-electron chi connectivity index (χ1n) is 11.9. The number of nitrogens with one attached hydrogen (secondary N) is 3. The van der Waals surface area contributed by atoms with Crippen molar-refractivity contribution in [1.82, 2.24) is 20.3 Å². The van der Waals surface area contributed by atoms with Gasteiger partial charge in [-0.2, -0.15) is 0 Å². The fourth-order valence-electron chi connectivity index (χ4n) is 4.03. The second-order valence-corrected chi connectivity index (χ2v) is 10.7. The lowest BCUT2D eigenvalue weighted by Crippen LogP contribution is -2.38. The monoisotopic (exact) mass is 554 g/mol. The summed E-state index contributed by atoms with van der Waals surface area (Å²) in [6.07, 6.45) is 6.91. The number of benzene rings is 2. The highest BCUT2D eigenvalue weighted by atomic mass is 35.5. The normalized spacial score (nSPS) is 15.6. The molecule has 0 amide bonds. The minimum absolute atomic E-state index is 0.0315. The molecule has 3 N–H and O–H groups in total. The van der Waals surface area contributed by atoms with Crippen LogP contribution in [0.25, 0.3) is 11.3 Å². The summed E-state index contributed by atoms with van der Waals surface area (Å²) in [5.41, 5.74) is 0.929. The van der Waals surface area contributed by atoms with Crippen LogP contribution in [-0.2, 0) is 10.0 Å². The minimum atomic E-state index is -4.09. The van der Waals surface area contributed by atoms with Gasteiger partial charge in [-0.25, -0.2) is 22.8 Å². The van der Waals surface area contributed by atoms with Crippen LogP contribution in [0, 0.1) is 5.82 Å². The first-order chi connectivity index (χ1) is 18.4. The Bertz CT molecular complexity index is 1550. The molecule has 0 spiro atoms. The van der Waals surface area contributed by atoms with Crippen LogP contribution < -0.4 is 20.1 Å². The van der Waals surface area contributed by atoms with Crippen molar-refractivity contribution >= 4 is 33.3 Å². The van der Waals surface area contributed by atoms with E-state index in [1.54, 1.807) is 36.8 Å². The Kier molecular flexibility index (Phi) is 7.68. The SMILES string of the molecule is O=S(=O)(Nc1ccc(Oc2ccncc2-c2ccnc(N[C@H]3CCCNC3)n2)cc1F)c1ccccc1Cl. The molecular weight excluding hydrogens is 531 g/mol. The summed E-state index contributed by atoms with van der Waals surface area (Å²) in [5.74, 6) is 0.236. The van der Waals surface area contributed by atoms with Crippen molar-refractivity contribution in [2.24, 2.45) is 0 Å². The molecule has 196 valence electrons. The third-order valence-electron chi connectivity index (χ3n) is 5.88. The standard InChI is InChI=1S/C26H24ClFN6O3S/c27-20-5-1-2-6-25(20)38(35,36)34-23-8-7-18(14-21(23)28)37-24-10-12-30-16-19(24)22-9-13-31-26(33-22)32-17-4-3-11-29-15-17/h1-2,5-10,12-14,16-17,29,34H,3-4,11,15H2,(H,31,32,33)/t17-/m0/s1. The lowest BCUT2D eigenvalue weighted by molar-refractivity contribution is 0.477. The lowest BCUT2D eigenvalue weighted by atomic mass is 10.1. The molecule has 38 heavy (non-hydrogen) atoms. The van der Waals surface area contributed by atoms with Gasteiger partial charge in [0.05, 0.1) is 22.0 Å². The van der Waals surface area contributed by atoms with E-state index in [0.29, 0.717) is 23.0 Å². The number of anilines is 2. The summed E-state index contributed by atoms with van der Waals surface area (Å²) >= 11 is 6.00. The number of ether oxygens (including phenoxy) is 1.